The fraction of sp³-hybridized carbons (Fsp3) is 0.125. The predicted octanol–water partition coefficient (Wildman–Crippen LogP) is 2.57. The zero-order valence-electron chi connectivity index (χ0n) is 5.59. The average Bonchev–Trinajstić information content (AvgIpc) is 2.06. The molecule has 0 amide bonds. The minimum atomic E-state index is -2.39. The van der Waals surface area contributed by atoms with E-state index in [0.29, 0.717) is 0 Å². The summed E-state index contributed by atoms with van der Waals surface area (Å²) in [6.07, 6.45) is 0. The maximum Gasteiger partial charge on any atom is 0.294 e. The number of nitrogens with zero attached hydrogens (tertiary/aromatic N) is 1. The van der Waals surface area contributed by atoms with E-state index >= 15 is 0 Å². The number of alkyl halides is 2. The molecule has 0 spiro atoms. The molecule has 0 heterocycles. The molecule has 1 rings (SSSR count). The van der Waals surface area contributed by atoms with Crippen molar-refractivity contribution < 1.29 is 4.39 Å². The summed E-state index contributed by atoms with van der Waals surface area (Å²) < 4.78 is 13.0. The summed E-state index contributed by atoms with van der Waals surface area (Å²) in [5.74, 6) is 0. The van der Waals surface area contributed by atoms with Crippen LogP contribution >= 0.6 is 11.6 Å². The van der Waals surface area contributed by atoms with Gasteiger partial charge in [0.05, 0.1) is 0 Å². The third-order valence-electron chi connectivity index (χ3n) is 1.28. The van der Waals surface area contributed by atoms with E-state index in [2.05, 4.69) is 0 Å². The molecule has 0 N–H and O–H groups in total. The molecule has 1 nitrogen and oxygen atoms in total. The van der Waals surface area contributed by atoms with Crippen LogP contribution in [-0.2, 0) is 5.13 Å². The normalized spacial score (nSPS) is 15.0. The molecule has 11 heavy (non-hydrogen) atoms. The molecular weight excluding hydrogens is 165 g/mol. The van der Waals surface area contributed by atoms with Crippen LogP contribution in [0.3, 0.4) is 0 Å². The van der Waals surface area contributed by atoms with Gasteiger partial charge >= 0.3 is 0 Å². The third kappa shape index (κ3) is 1.69. The zero-order valence-corrected chi connectivity index (χ0v) is 6.35. The number of hydrogen-bond donors (Lipinski definition) is 0. The first-order valence-electron chi connectivity index (χ1n) is 3.01. The van der Waals surface area contributed by atoms with Gasteiger partial charge in [-0.2, -0.15) is 5.26 Å². The van der Waals surface area contributed by atoms with Crippen molar-refractivity contribution in [3.63, 3.8) is 0 Å². The second-order valence-electron chi connectivity index (χ2n) is 2.05. The largest absolute Gasteiger partial charge is 0.294 e. The Kier molecular flexibility index (Phi) is 2.11. The lowest BCUT2D eigenvalue weighted by Gasteiger charge is -2.07. The summed E-state index contributed by atoms with van der Waals surface area (Å²) in [5.41, 5.74) is 0.171. The van der Waals surface area contributed by atoms with Crippen molar-refractivity contribution in [3.8, 4) is 6.07 Å². The summed E-state index contributed by atoms with van der Waals surface area (Å²) >= 11 is 5.22. The zero-order chi connectivity index (χ0) is 8.32. The van der Waals surface area contributed by atoms with Gasteiger partial charge in [-0.3, -0.25) is 0 Å². The first kappa shape index (κ1) is 8.03. The van der Waals surface area contributed by atoms with E-state index in [9.17, 15) is 4.39 Å². The maximum atomic E-state index is 13.0. The van der Waals surface area contributed by atoms with Gasteiger partial charge < -0.3 is 0 Å². The van der Waals surface area contributed by atoms with Gasteiger partial charge in [0.25, 0.3) is 5.13 Å². The summed E-state index contributed by atoms with van der Waals surface area (Å²) in [4.78, 5) is 0. The van der Waals surface area contributed by atoms with Gasteiger partial charge in [-0.05, 0) is 0 Å². The predicted molar refractivity (Wildman–Crippen MR) is 40.7 cm³/mol. The Morgan fingerprint density at radius 3 is 2.36 bits per heavy atom. The Morgan fingerprint density at radius 1 is 1.36 bits per heavy atom. The Labute approximate surface area is 69.0 Å². The Bertz CT molecular complexity index is 276. The van der Waals surface area contributed by atoms with Crippen molar-refractivity contribution in [2.45, 2.75) is 5.13 Å². The molecule has 0 aromatic heterocycles. The number of hydrogen-bond acceptors (Lipinski definition) is 1. The van der Waals surface area contributed by atoms with E-state index in [-0.39, 0.29) is 5.56 Å². The highest BCUT2D eigenvalue weighted by atomic mass is 35.5. The molecule has 3 heteroatoms. The molecule has 0 aliphatic heterocycles. The first-order chi connectivity index (χ1) is 5.17. The standard InChI is InChI=1S/C8H5ClFN/c9-8(10,6-11)7-4-2-1-3-5-7/h1-5H/t8-/m1/s1. The Balaban J connectivity index is 3.05. The van der Waals surface area contributed by atoms with Gasteiger partial charge in [-0.25, -0.2) is 4.39 Å². The van der Waals surface area contributed by atoms with Crippen molar-refractivity contribution in [2.75, 3.05) is 0 Å². The number of nitriles is 1. The summed E-state index contributed by atoms with van der Waals surface area (Å²) in [5, 5.41) is 5.90. The van der Waals surface area contributed by atoms with E-state index < -0.39 is 5.13 Å². The van der Waals surface area contributed by atoms with Crippen LogP contribution in [-0.4, -0.2) is 0 Å². The molecule has 1 aromatic rings. The van der Waals surface area contributed by atoms with Crippen molar-refractivity contribution in [2.24, 2.45) is 0 Å². The number of benzene rings is 1. The fourth-order valence-corrected chi connectivity index (χ4v) is 0.838. The lowest BCUT2D eigenvalue weighted by atomic mass is 10.1. The minimum absolute atomic E-state index is 0.171. The minimum Gasteiger partial charge on any atom is -0.204 e. The molecule has 0 saturated carbocycles. The smallest absolute Gasteiger partial charge is 0.204 e. The van der Waals surface area contributed by atoms with Crippen LogP contribution in [0.1, 0.15) is 5.56 Å². The molecule has 56 valence electrons. The van der Waals surface area contributed by atoms with Gasteiger partial charge in [0, 0.05) is 5.56 Å². The molecule has 0 saturated heterocycles. The Morgan fingerprint density at radius 2 is 1.91 bits per heavy atom. The molecule has 1 atom stereocenters. The van der Waals surface area contributed by atoms with Crippen LogP contribution in [0.15, 0.2) is 30.3 Å². The van der Waals surface area contributed by atoms with E-state index in [1.54, 1.807) is 18.2 Å². The van der Waals surface area contributed by atoms with Gasteiger partial charge in [-0.15, -0.1) is 0 Å². The topological polar surface area (TPSA) is 23.8 Å². The van der Waals surface area contributed by atoms with Crippen molar-refractivity contribution in [1.82, 2.24) is 0 Å². The molecular formula is C8H5ClFN. The second kappa shape index (κ2) is 2.89. The summed E-state index contributed by atoms with van der Waals surface area (Å²) in [6.45, 7) is 0. The quantitative estimate of drug-likeness (QED) is 0.593. The highest BCUT2D eigenvalue weighted by Crippen LogP contribution is 2.29. The lowest BCUT2D eigenvalue weighted by molar-refractivity contribution is 0.366. The van der Waals surface area contributed by atoms with Crippen molar-refractivity contribution in [1.29, 1.82) is 5.26 Å². The Hall–Kier alpha value is -1.07. The average molecular weight is 170 g/mol. The van der Waals surface area contributed by atoms with Gasteiger partial charge in [0.15, 0.2) is 0 Å². The molecule has 0 fully saturated rings. The van der Waals surface area contributed by atoms with Crippen LogP contribution in [0, 0.1) is 11.3 Å². The van der Waals surface area contributed by atoms with Gasteiger partial charge in [0.2, 0.25) is 0 Å². The van der Waals surface area contributed by atoms with E-state index in [0.717, 1.165) is 0 Å². The van der Waals surface area contributed by atoms with E-state index in [1.807, 2.05) is 0 Å². The van der Waals surface area contributed by atoms with Gasteiger partial charge in [0.1, 0.15) is 6.07 Å². The molecule has 0 bridgehead atoms. The van der Waals surface area contributed by atoms with Crippen molar-refractivity contribution in [3.05, 3.63) is 35.9 Å². The molecule has 0 aliphatic rings. The van der Waals surface area contributed by atoms with Crippen LogP contribution < -0.4 is 0 Å². The fourth-order valence-electron chi connectivity index (χ4n) is 0.712. The van der Waals surface area contributed by atoms with Crippen LogP contribution in [0.25, 0.3) is 0 Å². The summed E-state index contributed by atoms with van der Waals surface area (Å²) in [6, 6.07) is 9.28. The molecule has 1 aromatic carbocycles. The number of halogens is 2. The van der Waals surface area contributed by atoms with Crippen LogP contribution in [0.2, 0.25) is 0 Å². The third-order valence-corrected chi connectivity index (χ3v) is 1.58. The first-order valence-corrected chi connectivity index (χ1v) is 3.39. The van der Waals surface area contributed by atoms with Gasteiger partial charge in [-0.1, -0.05) is 41.9 Å². The van der Waals surface area contributed by atoms with Crippen LogP contribution in [0.5, 0.6) is 0 Å². The van der Waals surface area contributed by atoms with E-state index in [4.69, 9.17) is 16.9 Å². The summed E-state index contributed by atoms with van der Waals surface area (Å²) in [7, 11) is 0. The van der Waals surface area contributed by atoms with E-state index in [1.165, 1.54) is 18.2 Å². The number of rotatable bonds is 1. The SMILES string of the molecule is N#C[C@](F)(Cl)c1ccccc1. The maximum absolute atomic E-state index is 13.0. The molecule has 0 radical (unpaired) electrons. The van der Waals surface area contributed by atoms with Crippen molar-refractivity contribution >= 4 is 11.6 Å². The molecule has 0 unspecified atom stereocenters. The highest BCUT2D eigenvalue weighted by Gasteiger charge is 2.27. The highest BCUT2D eigenvalue weighted by molar-refractivity contribution is 6.24. The van der Waals surface area contributed by atoms with Crippen LogP contribution in [0.4, 0.5) is 4.39 Å². The molecule has 0 aliphatic carbocycles. The second-order valence-corrected chi connectivity index (χ2v) is 2.57. The lowest BCUT2D eigenvalue weighted by Crippen LogP contribution is -2.07. The monoisotopic (exact) mass is 169 g/mol.